The lowest BCUT2D eigenvalue weighted by Gasteiger charge is -2.21. The van der Waals surface area contributed by atoms with E-state index in [0.717, 1.165) is 38.1 Å². The first-order chi connectivity index (χ1) is 7.43. The highest BCUT2D eigenvalue weighted by atomic mass is 32.2. The Morgan fingerprint density at radius 3 is 2.12 bits per heavy atom. The highest BCUT2D eigenvalue weighted by Crippen LogP contribution is 2.08. The second-order valence-corrected chi connectivity index (χ2v) is 7.03. The normalized spacial score (nSPS) is 31.1. The molecule has 1 amide bonds. The summed E-state index contributed by atoms with van der Waals surface area (Å²) in [7, 11) is 1.93. The molecule has 0 bridgehead atoms. The zero-order chi connectivity index (χ0) is 12.2. The molecule has 1 atom stereocenters. The van der Waals surface area contributed by atoms with E-state index in [4.69, 9.17) is 0 Å². The third-order valence-electron chi connectivity index (χ3n) is 3.06. The van der Waals surface area contributed by atoms with Gasteiger partial charge in [0.1, 0.15) is 0 Å². The van der Waals surface area contributed by atoms with Crippen LogP contribution < -0.4 is 0 Å². The molecule has 5 heteroatoms. The predicted octanol–water partition coefficient (Wildman–Crippen LogP) is 0.582. The lowest BCUT2D eigenvalue weighted by atomic mass is 10.1. The van der Waals surface area contributed by atoms with Gasteiger partial charge in [0, 0.05) is 42.0 Å². The molecule has 0 aromatic heterocycles. The Labute approximate surface area is 98.7 Å². The lowest BCUT2D eigenvalue weighted by molar-refractivity contribution is -0.131. The second kappa shape index (κ2) is 5.68. The van der Waals surface area contributed by atoms with E-state index in [-0.39, 0.29) is 0 Å². The molecule has 0 aliphatic carbocycles. The van der Waals surface area contributed by atoms with Gasteiger partial charge in [-0.2, -0.15) is 0 Å². The summed E-state index contributed by atoms with van der Waals surface area (Å²) >= 11 is 0. The monoisotopic (exact) mass is 246 g/mol. The van der Waals surface area contributed by atoms with Crippen molar-refractivity contribution in [1.82, 2.24) is 9.21 Å². The number of piperidine rings is 1. The molecule has 1 unspecified atom stereocenters. The number of carbonyl (C=O) groups excluding carboxylic acids is 1. The molecule has 4 nitrogen and oxygen atoms in total. The molecule has 0 radical (unpaired) electrons. The van der Waals surface area contributed by atoms with Crippen LogP contribution >= 0.6 is 0 Å². The van der Waals surface area contributed by atoms with Crippen molar-refractivity contribution >= 4 is 21.5 Å². The summed E-state index contributed by atoms with van der Waals surface area (Å²) in [5.74, 6) is 4.69. The summed E-state index contributed by atoms with van der Waals surface area (Å²) in [6.07, 6.45) is 4.07. The molecule has 2 rings (SSSR count). The largest absolute Gasteiger partial charge is 0.346 e. The van der Waals surface area contributed by atoms with Crippen molar-refractivity contribution in [1.29, 1.82) is 0 Å². The predicted molar refractivity (Wildman–Crippen MR) is 68.9 cm³/mol. The van der Waals surface area contributed by atoms with Crippen LogP contribution in [-0.4, -0.2) is 58.1 Å². The van der Waals surface area contributed by atoms with Gasteiger partial charge in [-0.25, -0.2) is 4.31 Å². The van der Waals surface area contributed by atoms with Crippen LogP contribution in [0.25, 0.3) is 0 Å². The van der Waals surface area contributed by atoms with Gasteiger partial charge in [-0.15, -0.1) is 0 Å². The molecule has 2 aliphatic heterocycles. The summed E-state index contributed by atoms with van der Waals surface area (Å²) in [6.45, 7) is 1.90. The van der Waals surface area contributed by atoms with E-state index in [1.165, 1.54) is 6.42 Å². The second-order valence-electron chi connectivity index (χ2n) is 4.45. The minimum Gasteiger partial charge on any atom is -0.346 e. The first-order valence-electron chi connectivity index (χ1n) is 5.73. The van der Waals surface area contributed by atoms with Crippen molar-refractivity contribution in [2.24, 2.45) is 0 Å². The van der Waals surface area contributed by atoms with Crippen molar-refractivity contribution in [3.63, 3.8) is 0 Å². The maximum Gasteiger partial charge on any atom is 0.222 e. The average Bonchev–Trinajstić information content (AvgIpc) is 2.51. The third-order valence-corrected chi connectivity index (χ3v) is 5.31. The van der Waals surface area contributed by atoms with Gasteiger partial charge in [0.15, 0.2) is 0 Å². The summed E-state index contributed by atoms with van der Waals surface area (Å²) < 4.78 is 13.0. The van der Waals surface area contributed by atoms with Crippen LogP contribution in [0.2, 0.25) is 0 Å². The Kier molecular flexibility index (Phi) is 4.80. The number of carbonyl (C=O) groups is 1. The molecular formula is C11H22N2O2S. The fourth-order valence-corrected chi connectivity index (χ4v) is 3.13. The maximum absolute atomic E-state index is 11.1. The van der Waals surface area contributed by atoms with Crippen LogP contribution in [0.4, 0.5) is 0 Å². The van der Waals surface area contributed by atoms with Crippen molar-refractivity contribution in [2.45, 2.75) is 25.7 Å². The first-order valence-corrected chi connectivity index (χ1v) is 7.59. The standard InChI is InChI=1S/C6H11NO.C5H11NOS/c1-7-5-3-2-4-6(7)8;1-6-4-3-5-8(6,2)7/h2*2-5H2,1H3. The van der Waals surface area contributed by atoms with Crippen LogP contribution in [0.1, 0.15) is 25.7 Å². The van der Waals surface area contributed by atoms with Gasteiger partial charge in [0.25, 0.3) is 0 Å². The van der Waals surface area contributed by atoms with Crippen LogP contribution in [0.15, 0.2) is 0 Å². The SMILES string of the molecule is C=S1(=O)CCCN1C.CN1CCCCC1=O. The molecule has 2 fully saturated rings. The number of likely N-dealkylation sites (tertiary alicyclic amines) is 1. The molecule has 0 spiro atoms. The third kappa shape index (κ3) is 3.79. The van der Waals surface area contributed by atoms with E-state index >= 15 is 0 Å². The Bertz CT molecular complexity index is 338. The van der Waals surface area contributed by atoms with Gasteiger partial charge < -0.3 is 4.90 Å². The summed E-state index contributed by atoms with van der Waals surface area (Å²) in [4.78, 5) is 12.5. The molecule has 0 aromatic rings. The molecule has 0 saturated carbocycles. The van der Waals surface area contributed by atoms with Gasteiger partial charge >= 0.3 is 0 Å². The number of amides is 1. The van der Waals surface area contributed by atoms with Crippen molar-refractivity contribution < 1.29 is 9.00 Å². The maximum atomic E-state index is 11.1. The number of nitrogens with zero attached hydrogens (tertiary/aromatic N) is 2. The smallest absolute Gasteiger partial charge is 0.222 e. The molecule has 0 N–H and O–H groups in total. The lowest BCUT2D eigenvalue weighted by Crippen LogP contribution is -2.31. The molecule has 94 valence electrons. The fraction of sp³-hybridized carbons (Fsp3) is 0.818. The van der Waals surface area contributed by atoms with Crippen LogP contribution in [-0.2, 0) is 14.5 Å². The zero-order valence-corrected chi connectivity index (χ0v) is 11.1. The van der Waals surface area contributed by atoms with Gasteiger partial charge in [-0.3, -0.25) is 9.00 Å². The first kappa shape index (κ1) is 13.5. The summed E-state index contributed by atoms with van der Waals surface area (Å²) in [5.41, 5.74) is 0. The minimum atomic E-state index is -1.79. The van der Waals surface area contributed by atoms with Gasteiger partial charge in [-0.1, -0.05) is 0 Å². The molecule has 16 heavy (non-hydrogen) atoms. The van der Waals surface area contributed by atoms with E-state index < -0.39 is 9.71 Å². The summed E-state index contributed by atoms with van der Waals surface area (Å²) in [5, 5.41) is 0. The Morgan fingerprint density at radius 1 is 1.19 bits per heavy atom. The van der Waals surface area contributed by atoms with Gasteiger partial charge in [0.05, 0.1) is 0 Å². The minimum absolute atomic E-state index is 0.302. The van der Waals surface area contributed by atoms with Crippen molar-refractivity contribution in [3.8, 4) is 0 Å². The number of hydrogen-bond donors (Lipinski definition) is 0. The molecule has 2 saturated heterocycles. The van der Waals surface area contributed by atoms with E-state index in [1.807, 2.05) is 18.4 Å². The molecule has 2 heterocycles. The average molecular weight is 246 g/mol. The number of hydrogen-bond acceptors (Lipinski definition) is 2. The Hall–Kier alpha value is -0.550. The molecule has 2 aliphatic rings. The van der Waals surface area contributed by atoms with E-state index in [0.29, 0.717) is 5.91 Å². The zero-order valence-electron chi connectivity index (χ0n) is 10.3. The Balaban J connectivity index is 0.000000160. The van der Waals surface area contributed by atoms with Gasteiger partial charge in [-0.05, 0) is 32.2 Å². The Morgan fingerprint density at radius 2 is 1.88 bits per heavy atom. The van der Waals surface area contributed by atoms with Crippen LogP contribution in [0.3, 0.4) is 0 Å². The van der Waals surface area contributed by atoms with E-state index in [9.17, 15) is 9.00 Å². The van der Waals surface area contributed by atoms with E-state index in [2.05, 4.69) is 5.87 Å². The highest BCUT2D eigenvalue weighted by molar-refractivity contribution is 7.98. The number of rotatable bonds is 0. The quantitative estimate of drug-likeness (QED) is 0.587. The molecule has 0 aromatic carbocycles. The van der Waals surface area contributed by atoms with Gasteiger partial charge in [0.2, 0.25) is 5.91 Å². The van der Waals surface area contributed by atoms with Crippen molar-refractivity contribution in [3.05, 3.63) is 0 Å². The van der Waals surface area contributed by atoms with E-state index in [1.54, 1.807) is 4.90 Å². The fourth-order valence-electron chi connectivity index (χ4n) is 1.78. The van der Waals surface area contributed by atoms with Crippen LogP contribution in [0, 0.1) is 0 Å². The summed E-state index contributed by atoms with van der Waals surface area (Å²) in [6, 6.07) is 0. The van der Waals surface area contributed by atoms with Crippen molar-refractivity contribution in [2.75, 3.05) is 32.9 Å². The topological polar surface area (TPSA) is 40.6 Å². The highest BCUT2D eigenvalue weighted by Gasteiger charge is 2.17. The molecular weight excluding hydrogens is 224 g/mol. The van der Waals surface area contributed by atoms with Crippen LogP contribution in [0.5, 0.6) is 0 Å².